The zero-order chi connectivity index (χ0) is 28.2. The Kier molecular flexibility index (Phi) is 7.54. The van der Waals surface area contributed by atoms with Gasteiger partial charge in [0.15, 0.2) is 16.7 Å². The van der Waals surface area contributed by atoms with Gasteiger partial charge in [0, 0.05) is 28.9 Å². The van der Waals surface area contributed by atoms with Crippen LogP contribution in [-0.4, -0.2) is 21.1 Å². The highest BCUT2D eigenvalue weighted by Crippen LogP contribution is 2.46. The fourth-order valence-corrected chi connectivity index (χ4v) is 5.98. The molecule has 0 amide bonds. The summed E-state index contributed by atoms with van der Waals surface area (Å²) in [6.45, 7) is 0. The van der Waals surface area contributed by atoms with Crippen LogP contribution in [0.1, 0.15) is 30.1 Å². The summed E-state index contributed by atoms with van der Waals surface area (Å²) in [4.78, 5) is 13.9. The van der Waals surface area contributed by atoms with Crippen molar-refractivity contribution >= 4 is 51.6 Å². The molecule has 4 aromatic rings. The van der Waals surface area contributed by atoms with Gasteiger partial charge in [0.05, 0.1) is 23.0 Å². The van der Waals surface area contributed by atoms with Crippen LogP contribution >= 0.6 is 23.6 Å². The zero-order valence-corrected chi connectivity index (χ0v) is 23.4. The number of ether oxygens (including phenoxy) is 1. The van der Waals surface area contributed by atoms with E-state index in [-0.39, 0.29) is 5.78 Å². The van der Waals surface area contributed by atoms with Gasteiger partial charge in [-0.2, -0.15) is 5.26 Å². The Hall–Kier alpha value is -4.85. The predicted molar refractivity (Wildman–Crippen MR) is 164 cm³/mol. The van der Waals surface area contributed by atoms with Gasteiger partial charge >= 0.3 is 0 Å². The van der Waals surface area contributed by atoms with Crippen LogP contribution in [0.2, 0.25) is 0 Å². The molecule has 10 heteroatoms. The van der Waals surface area contributed by atoms with E-state index in [1.807, 2.05) is 84.2 Å². The van der Waals surface area contributed by atoms with Crippen molar-refractivity contribution in [1.82, 2.24) is 10.2 Å². The first-order chi connectivity index (χ1) is 20.1. The molecule has 1 unspecified atom stereocenters. The largest absolute Gasteiger partial charge is 0.444 e. The molecular weight excluding hydrogens is 553 g/mol. The number of aromatic nitrogens is 2. The summed E-state index contributed by atoms with van der Waals surface area (Å²) < 4.78 is 6.21. The number of thiophene rings is 1. The van der Waals surface area contributed by atoms with E-state index in [4.69, 9.17) is 17.0 Å². The summed E-state index contributed by atoms with van der Waals surface area (Å²) in [7, 11) is 0. The molecule has 0 fully saturated rings. The number of nitriles is 1. The van der Waals surface area contributed by atoms with Crippen LogP contribution in [0.15, 0.2) is 107 Å². The van der Waals surface area contributed by atoms with E-state index >= 15 is 0 Å². The zero-order valence-electron chi connectivity index (χ0n) is 21.8. The third-order valence-corrected chi connectivity index (χ3v) is 7.94. The lowest BCUT2D eigenvalue weighted by atomic mass is 9.80. The molecule has 1 aliphatic carbocycles. The lowest BCUT2D eigenvalue weighted by Gasteiger charge is -2.32. The smallest absolute Gasteiger partial charge is 0.212 e. The van der Waals surface area contributed by atoms with Crippen LogP contribution in [0.4, 0.5) is 17.2 Å². The molecule has 0 radical (unpaired) electrons. The SMILES string of the molecule is N#CC1=C(Nc2ccccc2NC(=S)Nc2ccc(-c3ccccc3)nn2)OC2=C(C(=O)CCC2)C1c1cccs1. The molecule has 2 aliphatic rings. The lowest BCUT2D eigenvalue weighted by molar-refractivity contribution is -0.116. The molecule has 0 spiro atoms. The number of anilines is 3. The number of rotatable bonds is 6. The number of carbonyl (C=O) groups excluding carboxylic acids is 1. The molecule has 3 N–H and O–H groups in total. The Morgan fingerprint density at radius 3 is 2.49 bits per heavy atom. The summed E-state index contributed by atoms with van der Waals surface area (Å²) >= 11 is 7.08. The van der Waals surface area contributed by atoms with Crippen molar-refractivity contribution in [3.05, 3.63) is 112 Å². The molecule has 0 saturated carbocycles. The molecule has 6 rings (SSSR count). The van der Waals surface area contributed by atoms with Crippen LogP contribution in [0.5, 0.6) is 0 Å². The number of nitrogens with zero attached hydrogens (tertiary/aromatic N) is 3. The van der Waals surface area contributed by atoms with Gasteiger partial charge in [-0.15, -0.1) is 21.5 Å². The molecule has 1 aliphatic heterocycles. The fraction of sp³-hybridized carbons (Fsp3) is 0.129. The molecule has 2 aromatic carbocycles. The number of allylic oxidation sites excluding steroid dienone is 3. The van der Waals surface area contributed by atoms with Gasteiger partial charge in [-0.1, -0.05) is 48.5 Å². The Balaban J connectivity index is 1.22. The number of hydrogen-bond donors (Lipinski definition) is 3. The minimum atomic E-state index is -0.459. The monoisotopic (exact) mass is 576 g/mol. The Morgan fingerprint density at radius 1 is 0.951 bits per heavy atom. The van der Waals surface area contributed by atoms with E-state index < -0.39 is 5.92 Å². The van der Waals surface area contributed by atoms with E-state index in [2.05, 4.69) is 32.2 Å². The van der Waals surface area contributed by atoms with Crippen molar-refractivity contribution in [2.75, 3.05) is 16.0 Å². The van der Waals surface area contributed by atoms with Crippen molar-refractivity contribution in [2.45, 2.75) is 25.2 Å². The van der Waals surface area contributed by atoms with Crippen molar-refractivity contribution in [1.29, 1.82) is 5.26 Å². The van der Waals surface area contributed by atoms with E-state index in [1.165, 1.54) is 11.3 Å². The van der Waals surface area contributed by atoms with Gasteiger partial charge < -0.3 is 20.7 Å². The molecule has 1 atom stereocenters. The molecule has 8 nitrogen and oxygen atoms in total. The maximum atomic E-state index is 13.0. The summed E-state index contributed by atoms with van der Waals surface area (Å²) in [6.07, 6.45) is 1.82. The van der Waals surface area contributed by atoms with E-state index in [9.17, 15) is 10.1 Å². The van der Waals surface area contributed by atoms with Crippen molar-refractivity contribution in [3.63, 3.8) is 0 Å². The number of para-hydroxylation sites is 2. The summed E-state index contributed by atoms with van der Waals surface area (Å²) in [6, 6.07) is 27.2. The van der Waals surface area contributed by atoms with E-state index in [0.29, 0.717) is 57.9 Å². The van der Waals surface area contributed by atoms with Gasteiger partial charge in [0.25, 0.3) is 0 Å². The summed E-state index contributed by atoms with van der Waals surface area (Å²) in [5.74, 6) is 1.02. The average molecular weight is 577 g/mol. The lowest BCUT2D eigenvalue weighted by Crippen LogP contribution is -2.27. The second-order valence-electron chi connectivity index (χ2n) is 9.44. The standard InChI is InChI=1S/C31H24N6O2S2/c32-18-20-28(26-14-7-17-41-26)29-24(38)12-6-13-25(29)39-30(20)33-22-10-4-5-11-23(22)34-31(40)35-27-16-15-21(36-37-27)19-8-2-1-3-9-19/h1-5,7-11,14-17,28,33H,6,12-13H2,(H2,34,35,37,40). The van der Waals surface area contributed by atoms with Gasteiger partial charge in [-0.3, -0.25) is 4.79 Å². The fourth-order valence-electron chi connectivity index (χ4n) is 4.92. The number of thiocarbonyl (C=S) groups is 1. The number of benzene rings is 2. The molecule has 41 heavy (non-hydrogen) atoms. The number of carbonyl (C=O) groups is 1. The predicted octanol–water partition coefficient (Wildman–Crippen LogP) is 6.98. The van der Waals surface area contributed by atoms with Crippen molar-refractivity contribution in [3.8, 4) is 17.3 Å². The van der Waals surface area contributed by atoms with Crippen molar-refractivity contribution < 1.29 is 9.53 Å². The first-order valence-corrected chi connectivity index (χ1v) is 14.3. The number of hydrogen-bond acceptors (Lipinski definition) is 8. The van der Waals surface area contributed by atoms with Crippen molar-refractivity contribution in [2.24, 2.45) is 0 Å². The highest BCUT2D eigenvalue weighted by atomic mass is 32.1. The molecule has 0 bridgehead atoms. The minimum absolute atomic E-state index is 0.0369. The summed E-state index contributed by atoms with van der Waals surface area (Å²) in [5.41, 5.74) is 4.02. The van der Waals surface area contributed by atoms with Crippen LogP contribution < -0.4 is 16.0 Å². The third-order valence-electron chi connectivity index (χ3n) is 6.80. The number of Topliss-reactive ketones (excluding diaryl/α,β-unsaturated/α-hetero) is 1. The second kappa shape index (κ2) is 11.7. The van der Waals surface area contributed by atoms with Gasteiger partial charge in [0.2, 0.25) is 5.88 Å². The van der Waals surface area contributed by atoms with Gasteiger partial charge in [-0.05, 0) is 54.4 Å². The van der Waals surface area contributed by atoms with Gasteiger partial charge in [0.1, 0.15) is 17.4 Å². The highest BCUT2D eigenvalue weighted by Gasteiger charge is 2.39. The Morgan fingerprint density at radius 2 is 1.76 bits per heavy atom. The quantitative estimate of drug-likeness (QED) is 0.209. The van der Waals surface area contributed by atoms with Crippen LogP contribution in [0, 0.1) is 11.3 Å². The average Bonchev–Trinajstić information content (AvgIpc) is 3.53. The van der Waals surface area contributed by atoms with Crippen LogP contribution in [0.25, 0.3) is 11.3 Å². The first kappa shape index (κ1) is 26.4. The topological polar surface area (TPSA) is 112 Å². The molecular formula is C31H24N6O2S2. The maximum absolute atomic E-state index is 13.0. The third kappa shape index (κ3) is 5.59. The maximum Gasteiger partial charge on any atom is 0.212 e. The Bertz CT molecular complexity index is 1710. The molecule has 202 valence electrons. The van der Waals surface area contributed by atoms with E-state index in [1.54, 1.807) is 0 Å². The minimum Gasteiger partial charge on any atom is -0.444 e. The highest BCUT2D eigenvalue weighted by molar-refractivity contribution is 7.80. The number of ketones is 1. The molecule has 3 heterocycles. The second-order valence-corrected chi connectivity index (χ2v) is 10.8. The Labute approximate surface area is 246 Å². The summed E-state index contributed by atoms with van der Waals surface area (Å²) in [5, 5.41) is 30.6. The van der Waals surface area contributed by atoms with Gasteiger partial charge in [-0.25, -0.2) is 0 Å². The van der Waals surface area contributed by atoms with Crippen LogP contribution in [-0.2, 0) is 9.53 Å². The normalized spacial score (nSPS) is 16.4. The number of nitrogens with one attached hydrogen (secondary N) is 3. The van der Waals surface area contributed by atoms with E-state index in [0.717, 1.165) is 22.6 Å². The molecule has 0 saturated heterocycles. The van der Waals surface area contributed by atoms with Crippen LogP contribution in [0.3, 0.4) is 0 Å². The molecule has 2 aromatic heterocycles. The first-order valence-electron chi connectivity index (χ1n) is 13.1.